The van der Waals surface area contributed by atoms with E-state index in [1.807, 2.05) is 0 Å². The van der Waals surface area contributed by atoms with Gasteiger partial charge in [0.15, 0.2) is 0 Å². The Labute approximate surface area is 166 Å². The van der Waals surface area contributed by atoms with Crippen molar-refractivity contribution in [2.24, 2.45) is 0 Å². The molecule has 148 valence electrons. The number of carbonyl (C=O) groups excluding carboxylic acids is 1. The van der Waals surface area contributed by atoms with Crippen molar-refractivity contribution in [2.45, 2.75) is 19.4 Å². The average molecular weight is 396 g/mol. The Morgan fingerprint density at radius 1 is 1.03 bits per heavy atom. The molecule has 2 aromatic carbocycles. The minimum absolute atomic E-state index is 0.0361. The lowest BCUT2D eigenvalue weighted by Gasteiger charge is -2.17. The van der Waals surface area contributed by atoms with E-state index >= 15 is 0 Å². The van der Waals surface area contributed by atoms with E-state index in [-0.39, 0.29) is 23.4 Å². The molecule has 2 N–H and O–H groups in total. The molecule has 1 atom stereocenters. The van der Waals surface area contributed by atoms with E-state index in [0.29, 0.717) is 16.8 Å². The minimum atomic E-state index is -1.11. The average Bonchev–Trinajstić information content (AvgIpc) is 2.70. The summed E-state index contributed by atoms with van der Waals surface area (Å²) in [4.78, 5) is 28.2. The van der Waals surface area contributed by atoms with Crippen molar-refractivity contribution in [1.82, 2.24) is 10.3 Å². The van der Waals surface area contributed by atoms with Gasteiger partial charge in [-0.2, -0.15) is 0 Å². The number of amides is 1. The second kappa shape index (κ2) is 8.60. The molecule has 29 heavy (non-hydrogen) atoms. The topological polar surface area (TPSA) is 79.3 Å². The lowest BCUT2D eigenvalue weighted by atomic mass is 10.0. The van der Waals surface area contributed by atoms with Crippen molar-refractivity contribution in [3.8, 4) is 0 Å². The highest BCUT2D eigenvalue weighted by molar-refractivity contribution is 5.96. The maximum atomic E-state index is 13.8. The Morgan fingerprint density at radius 3 is 2.41 bits per heavy atom. The highest BCUT2D eigenvalue weighted by Crippen LogP contribution is 2.20. The number of rotatable bonds is 6. The number of carboxylic acid groups (broad SMARTS) is 1. The van der Waals surface area contributed by atoms with Crippen LogP contribution in [0, 0.1) is 11.6 Å². The Bertz CT molecular complexity index is 1050. The molecule has 0 saturated carbocycles. The van der Waals surface area contributed by atoms with Crippen LogP contribution < -0.4 is 5.32 Å². The maximum absolute atomic E-state index is 13.8. The fourth-order valence-electron chi connectivity index (χ4n) is 3.02. The lowest BCUT2D eigenvalue weighted by molar-refractivity contribution is 0.0693. The van der Waals surface area contributed by atoms with Crippen molar-refractivity contribution in [3.05, 3.63) is 100 Å². The zero-order valence-electron chi connectivity index (χ0n) is 15.5. The Hall–Kier alpha value is -3.61. The number of nitrogens with one attached hydrogen (secondary N) is 1. The number of nitrogens with zero attached hydrogens (tertiary/aromatic N) is 1. The smallest absolute Gasteiger partial charge is 0.336 e. The standard InChI is InChI=1S/C22H18F2N2O3/c1-13(17-4-2-3-5-18(17)22(28)29)26-21(27)19-11-16(24)12-25-20(19)10-14-6-8-15(23)9-7-14/h2-9,11-13H,10H2,1H3,(H,26,27)(H,28,29)/t13-/m0/s1. The molecule has 1 heterocycles. The first-order valence-electron chi connectivity index (χ1n) is 8.87. The van der Waals surface area contributed by atoms with Crippen LogP contribution in [-0.4, -0.2) is 22.0 Å². The predicted molar refractivity (Wildman–Crippen MR) is 103 cm³/mol. The van der Waals surface area contributed by atoms with E-state index in [1.54, 1.807) is 37.3 Å². The first-order valence-corrected chi connectivity index (χ1v) is 8.87. The van der Waals surface area contributed by atoms with E-state index in [9.17, 15) is 23.5 Å². The SMILES string of the molecule is C[C@H](NC(=O)c1cc(F)cnc1Cc1ccc(F)cc1)c1ccccc1C(=O)O. The van der Waals surface area contributed by atoms with Crippen LogP contribution in [0.2, 0.25) is 0 Å². The van der Waals surface area contributed by atoms with Crippen molar-refractivity contribution in [3.63, 3.8) is 0 Å². The zero-order valence-corrected chi connectivity index (χ0v) is 15.5. The summed E-state index contributed by atoms with van der Waals surface area (Å²) in [5.41, 5.74) is 1.58. The summed E-state index contributed by atoms with van der Waals surface area (Å²) >= 11 is 0. The van der Waals surface area contributed by atoms with E-state index in [1.165, 1.54) is 18.2 Å². The molecule has 5 nitrogen and oxygen atoms in total. The Morgan fingerprint density at radius 2 is 1.72 bits per heavy atom. The molecular formula is C22H18F2N2O3. The Kier molecular flexibility index (Phi) is 5.97. The Balaban J connectivity index is 1.86. The number of aromatic nitrogens is 1. The van der Waals surface area contributed by atoms with Crippen LogP contribution in [0.1, 0.15) is 50.5 Å². The summed E-state index contributed by atoms with van der Waals surface area (Å²) < 4.78 is 26.9. The fourth-order valence-corrected chi connectivity index (χ4v) is 3.02. The quantitative estimate of drug-likeness (QED) is 0.656. The third kappa shape index (κ3) is 4.82. The molecule has 1 aromatic heterocycles. The van der Waals surface area contributed by atoms with Crippen molar-refractivity contribution >= 4 is 11.9 Å². The van der Waals surface area contributed by atoms with Gasteiger partial charge in [-0.1, -0.05) is 30.3 Å². The predicted octanol–water partition coefficient (Wildman–Crippen LogP) is 4.14. The number of hydrogen-bond donors (Lipinski definition) is 2. The van der Waals surface area contributed by atoms with Crippen molar-refractivity contribution in [2.75, 3.05) is 0 Å². The van der Waals surface area contributed by atoms with Gasteiger partial charge in [-0.3, -0.25) is 9.78 Å². The van der Waals surface area contributed by atoms with Gasteiger partial charge in [-0.05, 0) is 42.3 Å². The normalized spacial score (nSPS) is 11.7. The minimum Gasteiger partial charge on any atom is -0.478 e. The van der Waals surface area contributed by atoms with Crippen LogP contribution in [0.25, 0.3) is 0 Å². The molecule has 0 aliphatic heterocycles. The molecule has 0 aliphatic rings. The van der Waals surface area contributed by atoms with E-state index < -0.39 is 23.7 Å². The molecule has 1 amide bonds. The van der Waals surface area contributed by atoms with Gasteiger partial charge in [0, 0.05) is 6.42 Å². The first kappa shape index (κ1) is 20.1. The molecule has 0 spiro atoms. The summed E-state index contributed by atoms with van der Waals surface area (Å²) in [5, 5.41) is 12.0. The van der Waals surface area contributed by atoms with Gasteiger partial charge in [0.1, 0.15) is 11.6 Å². The highest BCUT2D eigenvalue weighted by atomic mass is 19.1. The molecule has 0 fully saturated rings. The molecule has 0 radical (unpaired) electrons. The van der Waals surface area contributed by atoms with Gasteiger partial charge in [0.25, 0.3) is 5.91 Å². The summed E-state index contributed by atoms with van der Waals surface area (Å²) in [6, 6.07) is 12.5. The largest absolute Gasteiger partial charge is 0.478 e. The lowest BCUT2D eigenvalue weighted by Crippen LogP contribution is -2.29. The van der Waals surface area contributed by atoms with Crippen LogP contribution in [0.4, 0.5) is 8.78 Å². The number of pyridine rings is 1. The molecule has 0 unspecified atom stereocenters. The second-order valence-corrected chi connectivity index (χ2v) is 6.54. The summed E-state index contributed by atoms with van der Waals surface area (Å²) in [6.07, 6.45) is 1.22. The number of aromatic carboxylic acids is 1. The number of hydrogen-bond acceptors (Lipinski definition) is 3. The third-order valence-electron chi connectivity index (χ3n) is 4.47. The molecule has 0 aliphatic carbocycles. The molecule has 3 rings (SSSR count). The molecular weight excluding hydrogens is 378 g/mol. The van der Waals surface area contributed by atoms with Gasteiger partial charge >= 0.3 is 5.97 Å². The van der Waals surface area contributed by atoms with Crippen molar-refractivity contribution in [1.29, 1.82) is 0 Å². The highest BCUT2D eigenvalue weighted by Gasteiger charge is 2.20. The molecule has 3 aromatic rings. The van der Waals surface area contributed by atoms with Crippen LogP contribution in [0.15, 0.2) is 60.8 Å². The van der Waals surface area contributed by atoms with E-state index in [0.717, 1.165) is 12.3 Å². The van der Waals surface area contributed by atoms with Crippen LogP contribution >= 0.6 is 0 Å². The van der Waals surface area contributed by atoms with E-state index in [4.69, 9.17) is 0 Å². The first-order chi connectivity index (χ1) is 13.8. The van der Waals surface area contributed by atoms with Crippen LogP contribution in [0.3, 0.4) is 0 Å². The molecule has 0 saturated heterocycles. The van der Waals surface area contributed by atoms with Gasteiger partial charge in [0.05, 0.1) is 29.1 Å². The summed E-state index contributed by atoms with van der Waals surface area (Å²) in [6.45, 7) is 1.64. The van der Waals surface area contributed by atoms with Gasteiger partial charge in [-0.15, -0.1) is 0 Å². The fraction of sp³-hybridized carbons (Fsp3) is 0.136. The zero-order chi connectivity index (χ0) is 21.0. The van der Waals surface area contributed by atoms with Gasteiger partial charge < -0.3 is 10.4 Å². The van der Waals surface area contributed by atoms with Crippen LogP contribution in [-0.2, 0) is 6.42 Å². The van der Waals surface area contributed by atoms with Gasteiger partial charge in [0.2, 0.25) is 0 Å². The van der Waals surface area contributed by atoms with Crippen molar-refractivity contribution < 1.29 is 23.5 Å². The van der Waals surface area contributed by atoms with Gasteiger partial charge in [-0.25, -0.2) is 13.6 Å². The monoisotopic (exact) mass is 396 g/mol. The van der Waals surface area contributed by atoms with E-state index in [2.05, 4.69) is 10.3 Å². The van der Waals surface area contributed by atoms with Crippen LogP contribution in [0.5, 0.6) is 0 Å². The summed E-state index contributed by atoms with van der Waals surface area (Å²) in [5.74, 6) is -2.74. The summed E-state index contributed by atoms with van der Waals surface area (Å²) in [7, 11) is 0. The molecule has 7 heteroatoms. The number of benzene rings is 2. The number of carbonyl (C=O) groups is 2. The number of halogens is 2. The second-order valence-electron chi connectivity index (χ2n) is 6.54. The maximum Gasteiger partial charge on any atom is 0.336 e. The molecule has 0 bridgehead atoms. The number of carboxylic acids is 1. The third-order valence-corrected chi connectivity index (χ3v) is 4.47.